The van der Waals surface area contributed by atoms with E-state index in [0.29, 0.717) is 0 Å². The zero-order chi connectivity index (χ0) is 23.2. The van der Waals surface area contributed by atoms with E-state index in [2.05, 4.69) is 59.3 Å². The van der Waals surface area contributed by atoms with Gasteiger partial charge < -0.3 is 18.8 Å². The maximum Gasteiger partial charge on any atom is 0.190 e. The number of methoxy groups -OCH3 is 3. The van der Waals surface area contributed by atoms with Crippen LogP contribution in [0.3, 0.4) is 0 Å². The number of nitrogens with zero attached hydrogens (tertiary/aromatic N) is 2. The number of rotatable bonds is 8. The highest BCUT2D eigenvalue weighted by molar-refractivity contribution is 7.07. The van der Waals surface area contributed by atoms with Crippen molar-refractivity contribution in [1.82, 2.24) is 4.57 Å². The van der Waals surface area contributed by atoms with Gasteiger partial charge in [-0.3, -0.25) is 0 Å². The van der Waals surface area contributed by atoms with Gasteiger partial charge in [-0.15, -0.1) is 11.3 Å². The van der Waals surface area contributed by atoms with Crippen molar-refractivity contribution >= 4 is 17.0 Å². The van der Waals surface area contributed by atoms with E-state index < -0.39 is 0 Å². The van der Waals surface area contributed by atoms with E-state index in [1.165, 1.54) is 11.1 Å². The van der Waals surface area contributed by atoms with E-state index in [1.807, 2.05) is 24.3 Å². The minimum atomic E-state index is 0.735. The van der Waals surface area contributed by atoms with Crippen molar-refractivity contribution in [3.8, 4) is 28.5 Å². The predicted molar refractivity (Wildman–Crippen MR) is 134 cm³/mol. The average Bonchev–Trinajstić information content (AvgIpc) is 3.26. The number of ether oxygens (including phenoxy) is 3. The van der Waals surface area contributed by atoms with E-state index in [4.69, 9.17) is 19.2 Å². The van der Waals surface area contributed by atoms with Gasteiger partial charge in [0.25, 0.3) is 0 Å². The summed E-state index contributed by atoms with van der Waals surface area (Å²) in [6.07, 6.45) is 0.835. The van der Waals surface area contributed by atoms with Crippen molar-refractivity contribution in [3.05, 3.63) is 88.0 Å². The zero-order valence-electron chi connectivity index (χ0n) is 19.4. The van der Waals surface area contributed by atoms with Crippen molar-refractivity contribution in [2.45, 2.75) is 19.9 Å². The molecule has 6 heteroatoms. The van der Waals surface area contributed by atoms with Crippen LogP contribution in [0, 0.1) is 6.92 Å². The lowest BCUT2D eigenvalue weighted by Gasteiger charge is -2.12. The molecule has 0 amide bonds. The molecular weight excluding hydrogens is 432 g/mol. The van der Waals surface area contributed by atoms with Crippen LogP contribution < -0.4 is 19.0 Å². The van der Waals surface area contributed by atoms with E-state index in [9.17, 15) is 0 Å². The van der Waals surface area contributed by atoms with Crippen molar-refractivity contribution in [2.75, 3.05) is 21.3 Å². The summed E-state index contributed by atoms with van der Waals surface area (Å²) in [5, 5.41) is 2.17. The van der Waals surface area contributed by atoms with E-state index in [0.717, 1.165) is 52.0 Å². The quantitative estimate of drug-likeness (QED) is 0.323. The lowest BCUT2D eigenvalue weighted by Crippen LogP contribution is -2.17. The number of thiazole rings is 1. The molecule has 0 atom stereocenters. The smallest absolute Gasteiger partial charge is 0.190 e. The van der Waals surface area contributed by atoms with Crippen molar-refractivity contribution in [1.29, 1.82) is 0 Å². The monoisotopic (exact) mass is 460 g/mol. The Balaban J connectivity index is 1.71. The zero-order valence-corrected chi connectivity index (χ0v) is 20.2. The molecule has 33 heavy (non-hydrogen) atoms. The highest BCUT2D eigenvalue weighted by atomic mass is 32.1. The second-order valence-corrected chi connectivity index (χ2v) is 8.51. The summed E-state index contributed by atoms with van der Waals surface area (Å²) in [7, 11) is 5.00. The SMILES string of the molecule is COc1ccc(-c2csc(=Nc3ccc(C)cc3)n2CCc2ccc(OC)c(OC)c2)cc1. The third-order valence-electron chi connectivity index (χ3n) is 5.51. The molecule has 5 nitrogen and oxygen atoms in total. The highest BCUT2D eigenvalue weighted by Crippen LogP contribution is 2.28. The first kappa shape index (κ1) is 22.7. The van der Waals surface area contributed by atoms with Gasteiger partial charge in [-0.2, -0.15) is 0 Å². The molecule has 4 aromatic rings. The van der Waals surface area contributed by atoms with Gasteiger partial charge in [-0.25, -0.2) is 4.99 Å². The first-order valence-corrected chi connectivity index (χ1v) is 11.6. The van der Waals surface area contributed by atoms with Crippen molar-refractivity contribution < 1.29 is 14.2 Å². The molecule has 0 saturated carbocycles. The van der Waals surface area contributed by atoms with Crippen LogP contribution in [0.25, 0.3) is 11.3 Å². The number of hydrogen-bond donors (Lipinski definition) is 0. The van der Waals surface area contributed by atoms with Gasteiger partial charge in [0, 0.05) is 11.9 Å². The summed E-state index contributed by atoms with van der Waals surface area (Å²) in [6.45, 7) is 2.87. The molecule has 0 saturated heterocycles. The van der Waals surface area contributed by atoms with Crippen LogP contribution in [0.1, 0.15) is 11.1 Å². The molecule has 0 radical (unpaired) electrons. The Morgan fingerprint density at radius 2 is 1.55 bits per heavy atom. The van der Waals surface area contributed by atoms with Gasteiger partial charge in [0.2, 0.25) is 0 Å². The number of aromatic nitrogens is 1. The van der Waals surface area contributed by atoms with Crippen LogP contribution in [0.2, 0.25) is 0 Å². The first-order chi connectivity index (χ1) is 16.1. The Kier molecular flexibility index (Phi) is 7.15. The van der Waals surface area contributed by atoms with Crippen molar-refractivity contribution in [2.24, 2.45) is 4.99 Å². The Bertz CT molecular complexity index is 1270. The maximum absolute atomic E-state index is 5.48. The van der Waals surface area contributed by atoms with Crippen LogP contribution in [-0.4, -0.2) is 25.9 Å². The minimum Gasteiger partial charge on any atom is -0.497 e. The summed E-state index contributed by atoms with van der Waals surface area (Å²) in [4.78, 5) is 5.91. The molecule has 3 aromatic carbocycles. The standard InChI is InChI=1S/C27H28N2O3S/c1-19-5-10-22(11-6-19)28-27-29(16-15-20-7-14-25(31-3)26(17-20)32-4)24(18-33-27)21-8-12-23(30-2)13-9-21/h5-14,17-18H,15-16H2,1-4H3. The second kappa shape index (κ2) is 10.4. The maximum atomic E-state index is 5.48. The Hall–Kier alpha value is -3.51. The van der Waals surface area contributed by atoms with E-state index in [-0.39, 0.29) is 0 Å². The molecule has 0 N–H and O–H groups in total. The largest absolute Gasteiger partial charge is 0.497 e. The van der Waals surface area contributed by atoms with Crippen LogP contribution in [-0.2, 0) is 13.0 Å². The van der Waals surface area contributed by atoms with E-state index in [1.54, 1.807) is 32.7 Å². The minimum absolute atomic E-state index is 0.735. The Labute approximate surface area is 198 Å². The molecule has 0 aliphatic rings. The van der Waals surface area contributed by atoms with Crippen LogP contribution in [0.5, 0.6) is 17.2 Å². The number of benzene rings is 3. The summed E-state index contributed by atoms with van der Waals surface area (Å²) >= 11 is 1.65. The second-order valence-electron chi connectivity index (χ2n) is 7.67. The molecule has 0 aliphatic heterocycles. The molecule has 0 unspecified atom stereocenters. The third-order valence-corrected chi connectivity index (χ3v) is 6.38. The predicted octanol–water partition coefficient (Wildman–Crippen LogP) is 6.03. The summed E-state index contributed by atoms with van der Waals surface area (Å²) in [6, 6.07) is 22.5. The fourth-order valence-electron chi connectivity index (χ4n) is 3.63. The fourth-order valence-corrected chi connectivity index (χ4v) is 4.59. The topological polar surface area (TPSA) is 45.0 Å². The van der Waals surface area contributed by atoms with Crippen LogP contribution in [0.15, 0.2) is 77.1 Å². The molecular formula is C27H28N2O3S. The van der Waals surface area contributed by atoms with Gasteiger partial charge in [0.05, 0.1) is 32.7 Å². The summed E-state index contributed by atoms with van der Waals surface area (Å²) < 4.78 is 18.5. The molecule has 170 valence electrons. The van der Waals surface area contributed by atoms with Crippen LogP contribution in [0.4, 0.5) is 5.69 Å². The Morgan fingerprint density at radius 1 is 0.818 bits per heavy atom. The molecule has 4 rings (SSSR count). The lowest BCUT2D eigenvalue weighted by atomic mass is 10.1. The van der Waals surface area contributed by atoms with Crippen LogP contribution >= 0.6 is 11.3 Å². The van der Waals surface area contributed by atoms with Crippen molar-refractivity contribution in [3.63, 3.8) is 0 Å². The molecule has 1 heterocycles. The van der Waals surface area contributed by atoms with Gasteiger partial charge in [0.15, 0.2) is 16.3 Å². The third kappa shape index (κ3) is 5.29. The molecule has 1 aromatic heterocycles. The summed E-state index contributed by atoms with van der Waals surface area (Å²) in [5.41, 5.74) is 5.61. The molecule has 0 bridgehead atoms. The summed E-state index contributed by atoms with van der Waals surface area (Å²) in [5.74, 6) is 2.32. The fraction of sp³-hybridized carbons (Fsp3) is 0.222. The average molecular weight is 461 g/mol. The van der Waals surface area contributed by atoms with Gasteiger partial charge >= 0.3 is 0 Å². The van der Waals surface area contributed by atoms with E-state index >= 15 is 0 Å². The number of aryl methyl sites for hydroxylation is 2. The Morgan fingerprint density at radius 3 is 2.21 bits per heavy atom. The highest BCUT2D eigenvalue weighted by Gasteiger charge is 2.11. The lowest BCUT2D eigenvalue weighted by molar-refractivity contribution is 0.354. The molecule has 0 fully saturated rings. The normalized spacial score (nSPS) is 11.5. The van der Waals surface area contributed by atoms with Gasteiger partial charge in [-0.1, -0.05) is 23.8 Å². The first-order valence-electron chi connectivity index (χ1n) is 10.8. The van der Waals surface area contributed by atoms with Gasteiger partial charge in [0.1, 0.15) is 5.75 Å². The molecule has 0 spiro atoms. The number of hydrogen-bond acceptors (Lipinski definition) is 5. The van der Waals surface area contributed by atoms with Gasteiger partial charge in [-0.05, 0) is 73.0 Å². The molecule has 0 aliphatic carbocycles.